The monoisotopic (exact) mass is 346 g/mol. The number of rotatable bonds is 3. The fourth-order valence-electron chi connectivity index (χ4n) is 0.290. The number of hydrogen-bond acceptors (Lipinski definition) is 4. The van der Waals surface area contributed by atoms with Gasteiger partial charge in [0.2, 0.25) is 0 Å². The predicted molar refractivity (Wildman–Crippen MR) is 30.7 cm³/mol. The first-order valence-electron chi connectivity index (χ1n) is 2.27. The molecule has 0 aliphatic carbocycles. The third-order valence-corrected chi connectivity index (χ3v) is 1.32. The summed E-state index contributed by atoms with van der Waals surface area (Å²) in [5.41, 5.74) is 0. The van der Waals surface area contributed by atoms with Gasteiger partial charge in [-0.1, -0.05) is 0 Å². The van der Waals surface area contributed by atoms with Crippen LogP contribution in [0.2, 0.25) is 0 Å². The summed E-state index contributed by atoms with van der Waals surface area (Å²) < 4.78 is 4.08. The van der Waals surface area contributed by atoms with Crippen molar-refractivity contribution in [2.75, 3.05) is 0 Å². The van der Waals surface area contributed by atoms with E-state index in [1.165, 1.54) is 21.5 Å². The van der Waals surface area contributed by atoms with Crippen molar-refractivity contribution in [3.8, 4) is 0 Å². The van der Waals surface area contributed by atoms with Crippen LogP contribution in [0.25, 0.3) is 0 Å². The maximum atomic E-state index is 10.4. The summed E-state index contributed by atoms with van der Waals surface area (Å²) in [4.78, 5) is 20.5. The van der Waals surface area contributed by atoms with Crippen LogP contribution in [0.4, 0.5) is 0 Å². The number of aliphatic hydroxyl groups is 1. The van der Waals surface area contributed by atoms with E-state index in [0.717, 1.165) is 0 Å². The molecule has 0 heterocycles. The van der Waals surface area contributed by atoms with Gasteiger partial charge in [0.05, 0.1) is 0 Å². The SMILES string of the molecule is O=C(S)CC(O)C(=O)[O][Au]. The molecule has 0 aromatic rings. The Morgan fingerprint density at radius 3 is 2.50 bits per heavy atom. The first-order valence-corrected chi connectivity index (χ1v) is 3.60. The molecule has 0 saturated carbocycles. The third-order valence-electron chi connectivity index (χ3n) is 0.701. The Balaban J connectivity index is 3.72. The van der Waals surface area contributed by atoms with Crippen LogP contribution in [0, 0.1) is 0 Å². The fourth-order valence-corrected chi connectivity index (χ4v) is 0.757. The van der Waals surface area contributed by atoms with Crippen molar-refractivity contribution in [1.82, 2.24) is 0 Å². The van der Waals surface area contributed by atoms with Crippen LogP contribution in [-0.2, 0) is 34.3 Å². The van der Waals surface area contributed by atoms with Gasteiger partial charge in [-0.25, -0.2) is 0 Å². The van der Waals surface area contributed by atoms with Crippen molar-refractivity contribution >= 4 is 23.7 Å². The first kappa shape index (κ1) is 10.2. The van der Waals surface area contributed by atoms with Crippen molar-refractivity contribution in [3.63, 3.8) is 0 Å². The zero-order chi connectivity index (χ0) is 8.15. The summed E-state index contributed by atoms with van der Waals surface area (Å²) in [6.07, 6.45) is -1.71. The summed E-state index contributed by atoms with van der Waals surface area (Å²) in [6, 6.07) is 0. The first-order chi connectivity index (χ1) is 4.57. The molecule has 10 heavy (non-hydrogen) atoms. The molecule has 0 radical (unpaired) electrons. The molecule has 6 heteroatoms. The van der Waals surface area contributed by atoms with Gasteiger partial charge >= 0.3 is 75.6 Å². The molecule has 4 nitrogen and oxygen atoms in total. The molecule has 0 saturated heterocycles. The molecule has 1 atom stereocenters. The van der Waals surface area contributed by atoms with Gasteiger partial charge in [-0.05, 0) is 0 Å². The molecule has 0 aliphatic rings. The van der Waals surface area contributed by atoms with Crippen molar-refractivity contribution in [2.45, 2.75) is 12.5 Å². The van der Waals surface area contributed by atoms with Gasteiger partial charge in [-0.15, -0.1) is 0 Å². The Hall–Kier alpha value is 0.190. The summed E-state index contributed by atoms with van der Waals surface area (Å²) >= 11 is 4.86. The average Bonchev–Trinajstić information content (AvgIpc) is 1.85. The van der Waals surface area contributed by atoms with Crippen LogP contribution in [-0.4, -0.2) is 22.3 Å². The second-order valence-electron chi connectivity index (χ2n) is 1.49. The van der Waals surface area contributed by atoms with Crippen LogP contribution in [0.5, 0.6) is 0 Å². The van der Waals surface area contributed by atoms with Gasteiger partial charge in [0.1, 0.15) is 0 Å². The van der Waals surface area contributed by atoms with Gasteiger partial charge in [0, 0.05) is 0 Å². The standard InChI is InChI=1S/C4H6O4S.Au/c5-2(4(7)8)1-3(6)9;/h2,5H,1H2,(H,6,9)(H,7,8);/q;+1/p-1. The van der Waals surface area contributed by atoms with Crippen LogP contribution in [0.3, 0.4) is 0 Å². The van der Waals surface area contributed by atoms with E-state index in [-0.39, 0.29) is 6.42 Å². The van der Waals surface area contributed by atoms with Gasteiger partial charge in [0.25, 0.3) is 0 Å². The molecule has 1 unspecified atom stereocenters. The molecular formula is C4H5AuO4S. The van der Waals surface area contributed by atoms with E-state index in [4.69, 9.17) is 5.11 Å². The van der Waals surface area contributed by atoms with Crippen molar-refractivity contribution in [3.05, 3.63) is 0 Å². The van der Waals surface area contributed by atoms with Gasteiger partial charge < -0.3 is 0 Å². The summed E-state index contributed by atoms with van der Waals surface area (Å²) in [7, 11) is 0. The fraction of sp³-hybridized carbons (Fsp3) is 0.500. The Bertz CT molecular complexity index is 148. The molecule has 0 bridgehead atoms. The second-order valence-corrected chi connectivity index (χ2v) is 2.44. The van der Waals surface area contributed by atoms with Crippen LogP contribution in [0.1, 0.15) is 6.42 Å². The van der Waals surface area contributed by atoms with Crippen molar-refractivity contribution < 1.29 is 39.4 Å². The van der Waals surface area contributed by atoms with E-state index < -0.39 is 17.2 Å². The van der Waals surface area contributed by atoms with Gasteiger partial charge in [-0.3, -0.25) is 0 Å². The minimum atomic E-state index is -1.39. The average molecular weight is 346 g/mol. The second kappa shape index (κ2) is 4.92. The third kappa shape index (κ3) is 4.08. The molecule has 0 aromatic heterocycles. The Labute approximate surface area is 75.8 Å². The van der Waals surface area contributed by atoms with E-state index in [0.29, 0.717) is 0 Å². The number of carbonyl (C=O) groups excluding carboxylic acids is 2. The number of carbonyl (C=O) groups is 2. The quantitative estimate of drug-likeness (QED) is 0.519. The molecule has 1 N–H and O–H groups in total. The van der Waals surface area contributed by atoms with Crippen LogP contribution >= 0.6 is 12.6 Å². The number of thiol groups is 1. The minimum absolute atomic E-state index is 0.319. The Morgan fingerprint density at radius 2 is 2.20 bits per heavy atom. The van der Waals surface area contributed by atoms with Crippen molar-refractivity contribution in [1.29, 1.82) is 0 Å². The van der Waals surface area contributed by atoms with E-state index in [9.17, 15) is 9.59 Å². The molecular weight excluding hydrogens is 341 g/mol. The molecule has 0 aromatic carbocycles. The van der Waals surface area contributed by atoms with Crippen LogP contribution in [0.15, 0.2) is 0 Å². The Kier molecular flexibility index (Phi) is 5.02. The molecule has 0 aliphatic heterocycles. The van der Waals surface area contributed by atoms with E-state index in [1.807, 2.05) is 0 Å². The molecule has 0 spiro atoms. The maximum absolute atomic E-state index is 10.4. The van der Waals surface area contributed by atoms with Crippen LogP contribution < -0.4 is 0 Å². The normalized spacial score (nSPS) is 12.4. The molecule has 0 rings (SSSR count). The van der Waals surface area contributed by atoms with Gasteiger partial charge in [-0.2, -0.15) is 0 Å². The van der Waals surface area contributed by atoms with Gasteiger partial charge in [0.15, 0.2) is 0 Å². The van der Waals surface area contributed by atoms with E-state index >= 15 is 0 Å². The zero-order valence-electron chi connectivity index (χ0n) is 4.71. The number of aliphatic hydroxyl groups excluding tert-OH is 1. The topological polar surface area (TPSA) is 63.6 Å². The number of hydrogen-bond donors (Lipinski definition) is 2. The zero-order valence-corrected chi connectivity index (χ0v) is 7.77. The summed E-state index contributed by atoms with van der Waals surface area (Å²) in [5.74, 6) is -0.842. The summed E-state index contributed by atoms with van der Waals surface area (Å²) in [5, 5.41) is 8.19. The van der Waals surface area contributed by atoms with E-state index in [2.05, 4.69) is 15.9 Å². The molecule has 62 valence electrons. The van der Waals surface area contributed by atoms with Crippen molar-refractivity contribution in [2.24, 2.45) is 0 Å². The van der Waals surface area contributed by atoms with E-state index in [1.54, 1.807) is 0 Å². The molecule has 0 amide bonds. The Morgan fingerprint density at radius 1 is 1.70 bits per heavy atom. The predicted octanol–water partition coefficient (Wildman–Crippen LogP) is -0.801. The summed E-state index contributed by atoms with van der Waals surface area (Å²) in [6.45, 7) is 0. The molecule has 0 fully saturated rings.